The first-order valence-electron chi connectivity index (χ1n) is 7.40. The van der Waals surface area contributed by atoms with E-state index >= 15 is 0 Å². The van der Waals surface area contributed by atoms with Crippen LogP contribution in [0, 0.1) is 0 Å². The largest absolute Gasteiger partial charge is 0.387 e. The number of hydrogen-bond acceptors (Lipinski definition) is 4. The Bertz CT molecular complexity index is 916. The number of benzene rings is 2. The van der Waals surface area contributed by atoms with Gasteiger partial charge in [0.05, 0.1) is 29.2 Å². The fourth-order valence-electron chi connectivity index (χ4n) is 2.73. The number of imidazole rings is 1. The van der Waals surface area contributed by atoms with Gasteiger partial charge in [0.1, 0.15) is 5.69 Å². The molecule has 4 aromatic rings. The van der Waals surface area contributed by atoms with Crippen molar-refractivity contribution in [2.45, 2.75) is 12.6 Å². The quantitative estimate of drug-likeness (QED) is 0.620. The van der Waals surface area contributed by atoms with Crippen molar-refractivity contribution in [3.8, 4) is 11.5 Å². The standard InChI is InChI=1S/C18H15N3OS/c22-17(13-6-2-1-3-7-13)10-21-16-9-5-4-8-14(16)20-18(21)15-11-23-12-19-15/h1-9,11-12,17,22H,10H2. The molecule has 4 rings (SSSR count). The van der Waals surface area contributed by atoms with E-state index in [0.717, 1.165) is 28.1 Å². The Morgan fingerprint density at radius 2 is 1.83 bits per heavy atom. The zero-order valence-corrected chi connectivity index (χ0v) is 13.1. The molecule has 0 aliphatic carbocycles. The predicted octanol–water partition coefficient (Wildman–Crippen LogP) is 3.89. The number of aliphatic hydroxyl groups excluding tert-OH is 1. The van der Waals surface area contributed by atoms with Gasteiger partial charge in [-0.3, -0.25) is 0 Å². The maximum absolute atomic E-state index is 10.6. The number of thiazole rings is 1. The minimum absolute atomic E-state index is 0.442. The topological polar surface area (TPSA) is 50.9 Å². The van der Waals surface area contributed by atoms with E-state index in [-0.39, 0.29) is 0 Å². The van der Waals surface area contributed by atoms with Crippen LogP contribution >= 0.6 is 11.3 Å². The zero-order chi connectivity index (χ0) is 15.6. The summed E-state index contributed by atoms with van der Waals surface area (Å²) < 4.78 is 2.04. The van der Waals surface area contributed by atoms with Gasteiger partial charge in [-0.2, -0.15) is 0 Å². The third-order valence-corrected chi connectivity index (χ3v) is 4.44. The van der Waals surface area contributed by atoms with Gasteiger partial charge in [0.2, 0.25) is 0 Å². The number of fused-ring (bicyclic) bond motifs is 1. The van der Waals surface area contributed by atoms with Crippen LogP contribution in [-0.4, -0.2) is 19.6 Å². The van der Waals surface area contributed by atoms with Crippen LogP contribution in [0.2, 0.25) is 0 Å². The summed E-state index contributed by atoms with van der Waals surface area (Å²) in [5.74, 6) is 0.794. The Balaban J connectivity index is 1.80. The van der Waals surface area contributed by atoms with Gasteiger partial charge < -0.3 is 9.67 Å². The van der Waals surface area contributed by atoms with Gasteiger partial charge in [-0.05, 0) is 17.7 Å². The predicted molar refractivity (Wildman–Crippen MR) is 92.2 cm³/mol. The van der Waals surface area contributed by atoms with Crippen molar-refractivity contribution >= 4 is 22.4 Å². The maximum atomic E-state index is 10.6. The minimum atomic E-state index is -0.591. The highest BCUT2D eigenvalue weighted by Crippen LogP contribution is 2.27. The van der Waals surface area contributed by atoms with E-state index in [9.17, 15) is 5.11 Å². The Kier molecular flexibility index (Phi) is 3.65. The summed E-state index contributed by atoms with van der Waals surface area (Å²) in [5.41, 5.74) is 5.45. The van der Waals surface area contributed by atoms with Crippen molar-refractivity contribution in [3.63, 3.8) is 0 Å². The molecule has 0 fully saturated rings. The lowest BCUT2D eigenvalue weighted by Gasteiger charge is -2.14. The van der Waals surface area contributed by atoms with E-state index in [1.165, 1.54) is 0 Å². The fraction of sp³-hybridized carbons (Fsp3) is 0.111. The number of aliphatic hydroxyl groups is 1. The number of nitrogens with zero attached hydrogens (tertiary/aromatic N) is 3. The summed E-state index contributed by atoms with van der Waals surface area (Å²) in [6, 6.07) is 17.7. The summed E-state index contributed by atoms with van der Waals surface area (Å²) in [6.45, 7) is 0.442. The normalized spacial score (nSPS) is 12.6. The molecule has 4 nitrogen and oxygen atoms in total. The highest BCUT2D eigenvalue weighted by molar-refractivity contribution is 7.07. The van der Waals surface area contributed by atoms with Crippen LogP contribution in [0.15, 0.2) is 65.5 Å². The Morgan fingerprint density at radius 3 is 2.61 bits per heavy atom. The summed E-state index contributed by atoms with van der Waals surface area (Å²) in [6.07, 6.45) is -0.591. The second-order valence-corrected chi connectivity index (χ2v) is 6.05. The van der Waals surface area contributed by atoms with Crippen LogP contribution in [0.5, 0.6) is 0 Å². The second kappa shape index (κ2) is 5.95. The molecule has 1 unspecified atom stereocenters. The summed E-state index contributed by atoms with van der Waals surface area (Å²) in [7, 11) is 0. The smallest absolute Gasteiger partial charge is 0.160 e. The van der Waals surface area contributed by atoms with Crippen LogP contribution < -0.4 is 0 Å². The average Bonchev–Trinajstić information content (AvgIpc) is 3.24. The molecule has 0 radical (unpaired) electrons. The van der Waals surface area contributed by atoms with E-state index in [1.807, 2.05) is 64.5 Å². The number of para-hydroxylation sites is 2. The second-order valence-electron chi connectivity index (χ2n) is 5.33. The van der Waals surface area contributed by atoms with Gasteiger partial charge in [0.25, 0.3) is 0 Å². The lowest BCUT2D eigenvalue weighted by Crippen LogP contribution is -2.10. The molecule has 0 bridgehead atoms. The van der Waals surface area contributed by atoms with Gasteiger partial charge in [0, 0.05) is 5.38 Å². The molecule has 5 heteroatoms. The Labute approximate surface area is 137 Å². The molecular formula is C18H15N3OS. The fourth-order valence-corrected chi connectivity index (χ4v) is 3.26. The van der Waals surface area contributed by atoms with Crippen LogP contribution in [0.25, 0.3) is 22.6 Å². The van der Waals surface area contributed by atoms with Crippen molar-refractivity contribution in [1.82, 2.24) is 14.5 Å². The molecular weight excluding hydrogens is 306 g/mol. The zero-order valence-electron chi connectivity index (χ0n) is 12.3. The number of rotatable bonds is 4. The SMILES string of the molecule is OC(Cn1c(-c2cscn2)nc2ccccc21)c1ccccc1. The molecule has 1 atom stereocenters. The summed E-state index contributed by atoms with van der Waals surface area (Å²) in [4.78, 5) is 9.07. The van der Waals surface area contributed by atoms with Crippen LogP contribution in [0.1, 0.15) is 11.7 Å². The first-order valence-corrected chi connectivity index (χ1v) is 8.34. The maximum Gasteiger partial charge on any atom is 0.160 e. The summed E-state index contributed by atoms with van der Waals surface area (Å²) >= 11 is 1.54. The van der Waals surface area contributed by atoms with E-state index < -0.39 is 6.10 Å². The van der Waals surface area contributed by atoms with Crippen molar-refractivity contribution in [1.29, 1.82) is 0 Å². The molecule has 2 heterocycles. The van der Waals surface area contributed by atoms with E-state index in [1.54, 1.807) is 16.8 Å². The first-order chi connectivity index (χ1) is 11.3. The molecule has 0 amide bonds. The average molecular weight is 321 g/mol. The lowest BCUT2D eigenvalue weighted by molar-refractivity contribution is 0.158. The highest BCUT2D eigenvalue weighted by Gasteiger charge is 2.17. The number of hydrogen-bond donors (Lipinski definition) is 1. The highest BCUT2D eigenvalue weighted by atomic mass is 32.1. The van der Waals surface area contributed by atoms with E-state index in [2.05, 4.69) is 4.98 Å². The van der Waals surface area contributed by atoms with Gasteiger partial charge >= 0.3 is 0 Å². The van der Waals surface area contributed by atoms with E-state index in [0.29, 0.717) is 6.54 Å². The van der Waals surface area contributed by atoms with Crippen molar-refractivity contribution in [2.24, 2.45) is 0 Å². The van der Waals surface area contributed by atoms with Gasteiger partial charge in [-0.25, -0.2) is 9.97 Å². The molecule has 114 valence electrons. The van der Waals surface area contributed by atoms with Crippen LogP contribution in [0.4, 0.5) is 0 Å². The molecule has 0 spiro atoms. The van der Waals surface area contributed by atoms with Crippen LogP contribution in [0.3, 0.4) is 0 Å². The molecule has 0 saturated heterocycles. The minimum Gasteiger partial charge on any atom is -0.387 e. The van der Waals surface area contributed by atoms with Crippen molar-refractivity contribution in [3.05, 3.63) is 71.1 Å². The first kappa shape index (κ1) is 14.1. The summed E-state index contributed by atoms with van der Waals surface area (Å²) in [5, 5.41) is 12.6. The van der Waals surface area contributed by atoms with Crippen molar-refractivity contribution < 1.29 is 5.11 Å². The van der Waals surface area contributed by atoms with Gasteiger partial charge in [-0.1, -0.05) is 42.5 Å². The van der Waals surface area contributed by atoms with Gasteiger partial charge in [-0.15, -0.1) is 11.3 Å². The molecule has 0 aliphatic heterocycles. The van der Waals surface area contributed by atoms with Crippen molar-refractivity contribution in [2.75, 3.05) is 0 Å². The Morgan fingerprint density at radius 1 is 1.04 bits per heavy atom. The molecule has 2 aromatic carbocycles. The monoisotopic (exact) mass is 321 g/mol. The molecule has 23 heavy (non-hydrogen) atoms. The lowest BCUT2D eigenvalue weighted by atomic mass is 10.1. The molecule has 0 saturated carbocycles. The molecule has 1 N–H and O–H groups in total. The Hall–Kier alpha value is -2.50. The number of aromatic nitrogens is 3. The molecule has 2 aromatic heterocycles. The van der Waals surface area contributed by atoms with E-state index in [4.69, 9.17) is 4.98 Å². The van der Waals surface area contributed by atoms with Gasteiger partial charge in [0.15, 0.2) is 5.82 Å². The third kappa shape index (κ3) is 2.65. The third-order valence-electron chi connectivity index (χ3n) is 3.86. The molecule has 0 aliphatic rings. The van der Waals surface area contributed by atoms with Crippen LogP contribution in [-0.2, 0) is 6.54 Å².